The predicted octanol–water partition coefficient (Wildman–Crippen LogP) is 3.59. The van der Waals surface area contributed by atoms with Crippen molar-refractivity contribution in [2.45, 2.75) is 45.1 Å². The van der Waals surface area contributed by atoms with E-state index in [4.69, 9.17) is 10.2 Å². The number of aryl methyl sites for hydroxylation is 1. The van der Waals surface area contributed by atoms with Crippen LogP contribution in [0.4, 0.5) is 0 Å². The van der Waals surface area contributed by atoms with Gasteiger partial charge in [-0.15, -0.1) is 0 Å². The van der Waals surface area contributed by atoms with E-state index >= 15 is 0 Å². The maximum Gasteiger partial charge on any atom is 0.112 e. The second kappa shape index (κ2) is 4.45. The zero-order chi connectivity index (χ0) is 12.5. The van der Waals surface area contributed by atoms with Crippen molar-refractivity contribution in [3.8, 4) is 6.07 Å². The first kappa shape index (κ1) is 11.3. The lowest BCUT2D eigenvalue weighted by molar-refractivity contribution is 0.388. The molecule has 1 aliphatic rings. The molecular weight excluding hydrogens is 222 g/mol. The molecule has 3 heteroatoms. The van der Waals surface area contributed by atoms with E-state index in [1.54, 1.807) is 0 Å². The van der Waals surface area contributed by atoms with Crippen molar-refractivity contribution >= 4 is 11.0 Å². The Morgan fingerprint density at radius 3 is 2.89 bits per heavy atom. The van der Waals surface area contributed by atoms with Crippen molar-refractivity contribution in [2.24, 2.45) is 0 Å². The van der Waals surface area contributed by atoms with E-state index in [1.165, 1.54) is 30.6 Å². The second-order valence-corrected chi connectivity index (χ2v) is 5.06. The number of rotatable bonds is 3. The van der Waals surface area contributed by atoms with Gasteiger partial charge in [-0.25, -0.2) is 4.98 Å². The molecule has 0 saturated heterocycles. The van der Waals surface area contributed by atoms with Crippen LogP contribution in [0.3, 0.4) is 0 Å². The van der Waals surface area contributed by atoms with E-state index in [0.717, 1.165) is 18.5 Å². The Hall–Kier alpha value is -1.82. The quantitative estimate of drug-likeness (QED) is 0.821. The van der Waals surface area contributed by atoms with Crippen LogP contribution in [0.5, 0.6) is 0 Å². The van der Waals surface area contributed by atoms with Crippen LogP contribution in [0.25, 0.3) is 11.0 Å². The molecule has 0 atom stereocenters. The number of hydrogen-bond acceptors (Lipinski definition) is 2. The summed E-state index contributed by atoms with van der Waals surface area (Å²) in [5.74, 6) is 1.86. The van der Waals surface area contributed by atoms with Crippen molar-refractivity contribution in [3.63, 3.8) is 0 Å². The molecule has 1 saturated carbocycles. The van der Waals surface area contributed by atoms with Crippen molar-refractivity contribution in [1.82, 2.24) is 9.55 Å². The Kier molecular flexibility index (Phi) is 2.79. The highest BCUT2D eigenvalue weighted by molar-refractivity contribution is 5.78. The summed E-state index contributed by atoms with van der Waals surface area (Å²) in [6.45, 7) is 3.22. The zero-order valence-electron chi connectivity index (χ0n) is 10.7. The Labute approximate surface area is 107 Å². The summed E-state index contributed by atoms with van der Waals surface area (Å²) in [5.41, 5.74) is 2.85. The summed E-state index contributed by atoms with van der Waals surface area (Å²) >= 11 is 0. The first-order valence-electron chi connectivity index (χ1n) is 6.73. The summed E-state index contributed by atoms with van der Waals surface area (Å²) in [7, 11) is 0. The molecule has 0 N–H and O–H groups in total. The van der Waals surface area contributed by atoms with Crippen LogP contribution in [-0.2, 0) is 6.54 Å². The standard InChI is InChI=1S/C15H17N3/c1-2-8-18-14-7-6-11(10-16)9-13(14)17-15(18)12-4-3-5-12/h6-7,9,12H,2-5,8H2,1H3. The zero-order valence-corrected chi connectivity index (χ0v) is 10.7. The van der Waals surface area contributed by atoms with Gasteiger partial charge in [-0.1, -0.05) is 13.3 Å². The van der Waals surface area contributed by atoms with Crippen LogP contribution >= 0.6 is 0 Å². The van der Waals surface area contributed by atoms with Gasteiger partial charge in [-0.2, -0.15) is 5.26 Å². The van der Waals surface area contributed by atoms with Gasteiger partial charge >= 0.3 is 0 Å². The monoisotopic (exact) mass is 239 g/mol. The molecule has 1 heterocycles. The summed E-state index contributed by atoms with van der Waals surface area (Å²) in [4.78, 5) is 4.77. The van der Waals surface area contributed by atoms with Crippen molar-refractivity contribution in [2.75, 3.05) is 0 Å². The molecular formula is C15H17N3. The molecule has 2 aromatic rings. The lowest BCUT2D eigenvalue weighted by atomic mass is 9.85. The molecule has 1 fully saturated rings. The maximum absolute atomic E-state index is 8.96. The number of nitriles is 1. The fourth-order valence-corrected chi connectivity index (χ4v) is 2.65. The maximum atomic E-state index is 8.96. The molecule has 0 radical (unpaired) electrons. The molecule has 18 heavy (non-hydrogen) atoms. The molecule has 0 amide bonds. The minimum absolute atomic E-state index is 0.634. The fraction of sp³-hybridized carbons (Fsp3) is 0.467. The third kappa shape index (κ3) is 1.69. The first-order valence-corrected chi connectivity index (χ1v) is 6.73. The van der Waals surface area contributed by atoms with Crippen LogP contribution < -0.4 is 0 Å². The smallest absolute Gasteiger partial charge is 0.112 e. The summed E-state index contributed by atoms with van der Waals surface area (Å²) in [5, 5.41) is 8.96. The van der Waals surface area contributed by atoms with Gasteiger partial charge in [0.1, 0.15) is 5.82 Å². The van der Waals surface area contributed by atoms with Crippen molar-refractivity contribution in [1.29, 1.82) is 5.26 Å². The SMILES string of the molecule is CCCn1c(C2CCC2)nc2cc(C#N)ccc21. The average Bonchev–Trinajstić information content (AvgIpc) is 2.65. The summed E-state index contributed by atoms with van der Waals surface area (Å²) < 4.78 is 2.35. The number of imidazole rings is 1. The van der Waals surface area contributed by atoms with Gasteiger partial charge in [0.25, 0.3) is 0 Å². The third-order valence-electron chi connectivity index (χ3n) is 3.82. The highest BCUT2D eigenvalue weighted by atomic mass is 15.1. The molecule has 3 nitrogen and oxygen atoms in total. The number of aromatic nitrogens is 2. The lowest BCUT2D eigenvalue weighted by Gasteiger charge is -2.25. The van der Waals surface area contributed by atoms with E-state index in [1.807, 2.05) is 18.2 Å². The van der Waals surface area contributed by atoms with Crippen LogP contribution in [0.15, 0.2) is 18.2 Å². The van der Waals surface area contributed by atoms with Gasteiger partial charge < -0.3 is 4.57 Å². The van der Waals surface area contributed by atoms with Crippen molar-refractivity contribution in [3.05, 3.63) is 29.6 Å². The minimum atomic E-state index is 0.634. The average molecular weight is 239 g/mol. The third-order valence-corrected chi connectivity index (χ3v) is 3.82. The van der Waals surface area contributed by atoms with Crippen LogP contribution in [0.2, 0.25) is 0 Å². The molecule has 1 aromatic heterocycles. The normalized spacial score (nSPS) is 15.6. The van der Waals surface area contributed by atoms with Gasteiger partial charge in [0.15, 0.2) is 0 Å². The highest BCUT2D eigenvalue weighted by Crippen LogP contribution is 2.37. The van der Waals surface area contributed by atoms with E-state index in [2.05, 4.69) is 17.6 Å². The Balaban J connectivity index is 2.15. The molecule has 0 bridgehead atoms. The topological polar surface area (TPSA) is 41.6 Å². The van der Waals surface area contributed by atoms with Gasteiger partial charge in [0.2, 0.25) is 0 Å². The molecule has 1 aromatic carbocycles. The Morgan fingerprint density at radius 1 is 1.44 bits per heavy atom. The molecule has 3 rings (SSSR count). The first-order chi connectivity index (χ1) is 8.83. The minimum Gasteiger partial charge on any atom is -0.328 e. The molecule has 92 valence electrons. The molecule has 0 spiro atoms. The van der Waals surface area contributed by atoms with E-state index < -0.39 is 0 Å². The highest BCUT2D eigenvalue weighted by Gasteiger charge is 2.25. The molecule has 0 aliphatic heterocycles. The van der Waals surface area contributed by atoms with Gasteiger partial charge in [-0.05, 0) is 37.5 Å². The Morgan fingerprint density at radius 2 is 2.28 bits per heavy atom. The Bertz CT molecular complexity index is 614. The van der Waals surface area contributed by atoms with Crippen LogP contribution in [0, 0.1) is 11.3 Å². The number of benzene rings is 1. The fourth-order valence-electron chi connectivity index (χ4n) is 2.65. The summed E-state index contributed by atoms with van der Waals surface area (Å²) in [6, 6.07) is 8.02. The molecule has 0 unspecified atom stereocenters. The van der Waals surface area contributed by atoms with E-state index in [-0.39, 0.29) is 0 Å². The van der Waals surface area contributed by atoms with Crippen molar-refractivity contribution < 1.29 is 0 Å². The predicted molar refractivity (Wildman–Crippen MR) is 71.3 cm³/mol. The molecule has 1 aliphatic carbocycles. The summed E-state index contributed by atoms with van der Waals surface area (Å²) in [6.07, 6.45) is 4.96. The van der Waals surface area contributed by atoms with Gasteiger partial charge in [0, 0.05) is 12.5 Å². The lowest BCUT2D eigenvalue weighted by Crippen LogP contribution is -2.15. The van der Waals surface area contributed by atoms with E-state index in [9.17, 15) is 0 Å². The van der Waals surface area contributed by atoms with Gasteiger partial charge in [-0.3, -0.25) is 0 Å². The number of hydrogen-bond donors (Lipinski definition) is 0. The largest absolute Gasteiger partial charge is 0.328 e. The second-order valence-electron chi connectivity index (χ2n) is 5.06. The van der Waals surface area contributed by atoms with E-state index in [0.29, 0.717) is 11.5 Å². The van der Waals surface area contributed by atoms with Crippen LogP contribution in [-0.4, -0.2) is 9.55 Å². The number of nitrogens with zero attached hydrogens (tertiary/aromatic N) is 3. The number of fused-ring (bicyclic) bond motifs is 1. The van der Waals surface area contributed by atoms with Gasteiger partial charge in [0.05, 0.1) is 22.7 Å². The van der Waals surface area contributed by atoms with Crippen LogP contribution in [0.1, 0.15) is 49.9 Å².